The number of nitrogens with zero attached hydrogens (tertiary/aromatic N) is 1. The lowest BCUT2D eigenvalue weighted by molar-refractivity contribution is -0.161. The van der Waals surface area contributed by atoms with Gasteiger partial charge in [0, 0.05) is 31.3 Å². The summed E-state index contributed by atoms with van der Waals surface area (Å²) in [7, 11) is 0. The summed E-state index contributed by atoms with van der Waals surface area (Å²) in [4.78, 5) is 27.8. The van der Waals surface area contributed by atoms with Gasteiger partial charge >= 0.3 is 0 Å². The molecule has 0 aromatic rings. The molecule has 4 heteroatoms. The molecular weight excluding hydrogens is 446 g/mol. The number of hydrogen-bond acceptors (Lipinski definition) is 3. The van der Waals surface area contributed by atoms with E-state index in [1.54, 1.807) is 0 Å². The van der Waals surface area contributed by atoms with Gasteiger partial charge in [-0.25, -0.2) is 0 Å². The zero-order chi connectivity index (χ0) is 26.0. The van der Waals surface area contributed by atoms with Gasteiger partial charge < -0.3 is 10.0 Å². The van der Waals surface area contributed by atoms with E-state index in [1.807, 2.05) is 4.90 Å². The molecule has 7 atom stereocenters. The fraction of sp³-hybridized carbons (Fsp3) is 0.938. The summed E-state index contributed by atoms with van der Waals surface area (Å²) in [5.74, 6) is 3.27. The molecule has 4 aliphatic rings. The van der Waals surface area contributed by atoms with E-state index in [-0.39, 0.29) is 16.7 Å². The van der Waals surface area contributed by atoms with Crippen LogP contribution in [0.15, 0.2) is 0 Å². The van der Waals surface area contributed by atoms with Gasteiger partial charge in [0.25, 0.3) is 0 Å². The van der Waals surface area contributed by atoms with Gasteiger partial charge in [0.15, 0.2) is 0 Å². The number of ketones is 1. The van der Waals surface area contributed by atoms with E-state index in [1.165, 1.54) is 51.4 Å². The number of hydrogen-bond donors (Lipinski definition) is 1. The standard InChI is InChI=1S/C32H55NO3/c1-5-7-8-9-10-11-21-33(29(35)12-6-2)23-32(36)20-19-30(3)24(22-32)13-14-25-26-15-16-28(34)31(26,4)18-17-27(25)30/h24-27,36H,5-23H2,1-4H3/t24?,25-,26-,27-,30-,31-,32+/m0/s1. The van der Waals surface area contributed by atoms with Crippen molar-refractivity contribution in [2.45, 2.75) is 142 Å². The predicted octanol–water partition coefficient (Wildman–Crippen LogP) is 7.32. The van der Waals surface area contributed by atoms with E-state index in [0.717, 1.165) is 57.9 Å². The average Bonchev–Trinajstić information content (AvgIpc) is 3.15. The highest BCUT2D eigenvalue weighted by molar-refractivity contribution is 5.87. The van der Waals surface area contributed by atoms with Gasteiger partial charge in [-0.1, -0.05) is 59.8 Å². The van der Waals surface area contributed by atoms with Crippen molar-refractivity contribution < 1.29 is 14.7 Å². The first-order valence-electron chi connectivity index (χ1n) is 15.7. The van der Waals surface area contributed by atoms with E-state index in [0.29, 0.717) is 42.4 Å². The van der Waals surface area contributed by atoms with Crippen molar-refractivity contribution in [1.82, 2.24) is 4.90 Å². The van der Waals surface area contributed by atoms with Crippen molar-refractivity contribution in [2.75, 3.05) is 13.1 Å². The van der Waals surface area contributed by atoms with Crippen LogP contribution >= 0.6 is 0 Å². The number of rotatable bonds is 11. The molecule has 0 aromatic carbocycles. The Bertz CT molecular complexity index is 781. The molecule has 0 saturated heterocycles. The molecule has 0 radical (unpaired) electrons. The van der Waals surface area contributed by atoms with Crippen LogP contribution in [0.25, 0.3) is 0 Å². The van der Waals surface area contributed by atoms with E-state index < -0.39 is 5.60 Å². The largest absolute Gasteiger partial charge is 0.388 e. The first kappa shape index (κ1) is 28.1. The summed E-state index contributed by atoms with van der Waals surface area (Å²) < 4.78 is 0. The molecule has 0 aromatic heterocycles. The van der Waals surface area contributed by atoms with Gasteiger partial charge in [-0.3, -0.25) is 9.59 Å². The maximum absolute atomic E-state index is 13.0. The van der Waals surface area contributed by atoms with Crippen LogP contribution in [0.3, 0.4) is 0 Å². The minimum absolute atomic E-state index is 0.0591. The van der Waals surface area contributed by atoms with Gasteiger partial charge in [-0.15, -0.1) is 0 Å². The Morgan fingerprint density at radius 2 is 1.67 bits per heavy atom. The molecule has 4 saturated carbocycles. The molecule has 4 aliphatic carbocycles. The second-order valence-electron chi connectivity index (χ2n) is 13.8. The summed E-state index contributed by atoms with van der Waals surface area (Å²) in [6, 6.07) is 0. The fourth-order valence-corrected chi connectivity index (χ4v) is 9.34. The van der Waals surface area contributed by atoms with Crippen LogP contribution in [0, 0.1) is 34.5 Å². The number of Topliss-reactive ketones (excluding diaryl/α,β-unsaturated/α-hetero) is 1. The zero-order valence-corrected chi connectivity index (χ0v) is 24.0. The van der Waals surface area contributed by atoms with Crippen molar-refractivity contribution >= 4 is 11.7 Å². The molecule has 0 bridgehead atoms. The number of amides is 1. The van der Waals surface area contributed by atoms with Crippen molar-refractivity contribution in [3.05, 3.63) is 0 Å². The Hall–Kier alpha value is -0.900. The Kier molecular flexibility index (Phi) is 8.95. The molecule has 0 spiro atoms. The van der Waals surface area contributed by atoms with Gasteiger partial charge in [0.05, 0.1) is 5.60 Å². The van der Waals surface area contributed by atoms with E-state index in [9.17, 15) is 14.7 Å². The second-order valence-corrected chi connectivity index (χ2v) is 13.8. The van der Waals surface area contributed by atoms with Crippen LogP contribution in [0.2, 0.25) is 0 Å². The average molecular weight is 502 g/mol. The van der Waals surface area contributed by atoms with Gasteiger partial charge in [-0.2, -0.15) is 0 Å². The van der Waals surface area contributed by atoms with Crippen molar-refractivity contribution in [3.8, 4) is 0 Å². The van der Waals surface area contributed by atoms with Gasteiger partial charge in [0.1, 0.15) is 5.78 Å². The number of aliphatic hydroxyl groups is 1. The van der Waals surface area contributed by atoms with Crippen LogP contribution in [-0.2, 0) is 9.59 Å². The smallest absolute Gasteiger partial charge is 0.222 e. The zero-order valence-electron chi connectivity index (χ0n) is 24.0. The highest BCUT2D eigenvalue weighted by atomic mass is 16.3. The van der Waals surface area contributed by atoms with Crippen LogP contribution in [0.1, 0.15) is 137 Å². The maximum Gasteiger partial charge on any atom is 0.222 e. The predicted molar refractivity (Wildman–Crippen MR) is 147 cm³/mol. The minimum Gasteiger partial charge on any atom is -0.388 e. The molecule has 36 heavy (non-hydrogen) atoms. The van der Waals surface area contributed by atoms with Gasteiger partial charge in [-0.05, 0) is 93.3 Å². The van der Waals surface area contributed by atoms with E-state index in [4.69, 9.17) is 0 Å². The monoisotopic (exact) mass is 501 g/mol. The van der Waals surface area contributed by atoms with Crippen LogP contribution in [0.4, 0.5) is 0 Å². The quantitative estimate of drug-likeness (QED) is 0.302. The van der Waals surface area contributed by atoms with Crippen molar-refractivity contribution in [2.24, 2.45) is 34.5 Å². The SMILES string of the molecule is CCCCCCCCN(C[C@@]1(O)CC[C@@]2(C)C(CC[C@@H]3[C@@H]2CC[C@]2(C)C(=O)CC[C@@H]32)C1)C(=O)CCC. The molecular formula is C32H55NO3. The Morgan fingerprint density at radius 3 is 2.42 bits per heavy atom. The van der Waals surface area contributed by atoms with Crippen molar-refractivity contribution in [3.63, 3.8) is 0 Å². The van der Waals surface area contributed by atoms with Crippen LogP contribution < -0.4 is 0 Å². The third-order valence-electron chi connectivity index (χ3n) is 11.6. The molecule has 4 rings (SSSR count). The lowest BCUT2D eigenvalue weighted by atomic mass is 9.44. The molecule has 1 amide bonds. The molecule has 4 fully saturated rings. The number of fused-ring (bicyclic) bond motifs is 5. The third kappa shape index (κ3) is 5.45. The first-order chi connectivity index (χ1) is 17.2. The Balaban J connectivity index is 1.39. The maximum atomic E-state index is 13.0. The number of carbonyl (C=O) groups excluding carboxylic acids is 2. The van der Waals surface area contributed by atoms with Crippen LogP contribution in [0.5, 0.6) is 0 Å². The van der Waals surface area contributed by atoms with E-state index >= 15 is 0 Å². The van der Waals surface area contributed by atoms with E-state index in [2.05, 4.69) is 27.7 Å². The number of unbranched alkanes of at least 4 members (excludes halogenated alkanes) is 5. The molecule has 206 valence electrons. The molecule has 0 aliphatic heterocycles. The second kappa shape index (κ2) is 11.5. The summed E-state index contributed by atoms with van der Waals surface area (Å²) in [6.45, 7) is 10.4. The lowest BCUT2D eigenvalue weighted by Crippen LogP contribution is -2.58. The van der Waals surface area contributed by atoms with Gasteiger partial charge in [0.2, 0.25) is 5.91 Å². The summed E-state index contributed by atoms with van der Waals surface area (Å²) in [6.07, 6.45) is 18.1. The van der Waals surface area contributed by atoms with Crippen LogP contribution in [-0.4, -0.2) is 40.4 Å². The highest BCUT2D eigenvalue weighted by Crippen LogP contribution is 2.66. The Labute approximate surface area is 221 Å². The molecule has 1 unspecified atom stereocenters. The molecule has 0 heterocycles. The lowest BCUT2D eigenvalue weighted by Gasteiger charge is -2.61. The normalized spacial score (nSPS) is 39.9. The number of carbonyl (C=O) groups is 2. The minimum atomic E-state index is -0.741. The molecule has 4 nitrogen and oxygen atoms in total. The molecule has 1 N–H and O–H groups in total. The summed E-state index contributed by atoms with van der Waals surface area (Å²) >= 11 is 0. The Morgan fingerprint density at radius 1 is 0.917 bits per heavy atom. The summed E-state index contributed by atoms with van der Waals surface area (Å²) in [5.41, 5.74) is -0.523. The summed E-state index contributed by atoms with van der Waals surface area (Å²) in [5, 5.41) is 11.9. The van der Waals surface area contributed by atoms with Crippen molar-refractivity contribution in [1.29, 1.82) is 0 Å². The first-order valence-corrected chi connectivity index (χ1v) is 15.7. The topological polar surface area (TPSA) is 57.6 Å². The fourth-order valence-electron chi connectivity index (χ4n) is 9.34. The highest BCUT2D eigenvalue weighted by Gasteiger charge is 2.61. The third-order valence-corrected chi connectivity index (χ3v) is 11.6.